The summed E-state index contributed by atoms with van der Waals surface area (Å²) in [5.41, 5.74) is 3.71. The Balaban J connectivity index is 1.56. The molecule has 3 heterocycles. The summed E-state index contributed by atoms with van der Waals surface area (Å²) >= 11 is 1.29. The lowest BCUT2D eigenvalue weighted by atomic mass is 9.84. The zero-order valence-corrected chi connectivity index (χ0v) is 22.6. The Bertz CT molecular complexity index is 1360. The van der Waals surface area contributed by atoms with Gasteiger partial charge in [0.25, 0.3) is 11.8 Å². The molecule has 2 aromatic heterocycles. The molecule has 7 nitrogen and oxygen atoms in total. The standard InChI is InChI=1S/C30H32N4O3S/c1-4-6-10-22-15-20-16-23(37-3)12-13-24(20)28(34(22)30(36)26-18-38-27(5-2)33-26)25-14-11-19(17-31-25)29(35)32-21-8-7-9-21/h2,11-14,16-18,21-22,28H,4,6-10,15H2,1,3H3,(H,32,35)/t22-,28?/m0/s1. The van der Waals surface area contributed by atoms with Crippen molar-refractivity contribution in [2.75, 3.05) is 7.11 Å². The van der Waals surface area contributed by atoms with Gasteiger partial charge < -0.3 is 15.0 Å². The van der Waals surface area contributed by atoms with Crippen LogP contribution in [-0.4, -0.2) is 45.9 Å². The first-order valence-electron chi connectivity index (χ1n) is 13.2. The lowest BCUT2D eigenvalue weighted by molar-refractivity contribution is 0.0555. The number of carbonyl (C=O) groups is 2. The number of fused-ring (bicyclic) bond motifs is 1. The lowest BCUT2D eigenvalue weighted by Gasteiger charge is -2.43. The second kappa shape index (κ2) is 11.4. The highest BCUT2D eigenvalue weighted by molar-refractivity contribution is 7.10. The van der Waals surface area contributed by atoms with Gasteiger partial charge in [-0.25, -0.2) is 4.98 Å². The second-order valence-electron chi connectivity index (χ2n) is 9.94. The molecule has 1 aliphatic heterocycles. The van der Waals surface area contributed by atoms with E-state index in [0.29, 0.717) is 28.4 Å². The van der Waals surface area contributed by atoms with Gasteiger partial charge in [0.05, 0.1) is 18.4 Å². The highest BCUT2D eigenvalue weighted by Gasteiger charge is 2.40. The molecule has 0 bridgehead atoms. The molecule has 1 N–H and O–H groups in total. The molecular formula is C30H32N4O3S. The van der Waals surface area contributed by atoms with Crippen molar-refractivity contribution in [2.45, 2.75) is 70.0 Å². The van der Waals surface area contributed by atoms with Gasteiger partial charge in [-0.3, -0.25) is 14.6 Å². The molecular weight excluding hydrogens is 496 g/mol. The zero-order chi connectivity index (χ0) is 26.6. The number of amides is 2. The van der Waals surface area contributed by atoms with Crippen LogP contribution in [0.4, 0.5) is 0 Å². The Labute approximate surface area is 227 Å². The number of benzene rings is 1. The van der Waals surface area contributed by atoms with Crippen LogP contribution in [-0.2, 0) is 6.42 Å². The van der Waals surface area contributed by atoms with Gasteiger partial charge in [-0.15, -0.1) is 17.8 Å². The van der Waals surface area contributed by atoms with Crippen LogP contribution >= 0.6 is 11.3 Å². The third-order valence-corrected chi connectivity index (χ3v) is 8.29. The monoisotopic (exact) mass is 528 g/mol. The van der Waals surface area contributed by atoms with Crippen molar-refractivity contribution in [1.29, 1.82) is 0 Å². The van der Waals surface area contributed by atoms with E-state index < -0.39 is 6.04 Å². The van der Waals surface area contributed by atoms with Gasteiger partial charge in [-0.1, -0.05) is 25.8 Å². The summed E-state index contributed by atoms with van der Waals surface area (Å²) in [5, 5.41) is 5.28. The molecule has 2 aliphatic rings. The number of thiazole rings is 1. The minimum absolute atomic E-state index is 0.0496. The molecule has 1 fully saturated rings. The number of hydrogen-bond donors (Lipinski definition) is 1. The Morgan fingerprint density at radius 1 is 1.26 bits per heavy atom. The number of aromatic nitrogens is 2. The van der Waals surface area contributed by atoms with E-state index >= 15 is 0 Å². The zero-order valence-electron chi connectivity index (χ0n) is 21.8. The van der Waals surface area contributed by atoms with Crippen molar-refractivity contribution in [3.05, 3.63) is 75.0 Å². The fourth-order valence-electron chi connectivity index (χ4n) is 5.22. The van der Waals surface area contributed by atoms with Gasteiger partial charge in [0.2, 0.25) is 0 Å². The van der Waals surface area contributed by atoms with E-state index in [1.54, 1.807) is 24.8 Å². The average molecular weight is 529 g/mol. The van der Waals surface area contributed by atoms with Gasteiger partial charge in [-0.2, -0.15) is 0 Å². The molecule has 5 rings (SSSR count). The lowest BCUT2D eigenvalue weighted by Crippen LogP contribution is -2.48. The minimum Gasteiger partial charge on any atom is -0.497 e. The maximum atomic E-state index is 14.0. The largest absolute Gasteiger partial charge is 0.497 e. The van der Waals surface area contributed by atoms with E-state index in [9.17, 15) is 9.59 Å². The van der Waals surface area contributed by atoms with Crippen molar-refractivity contribution < 1.29 is 14.3 Å². The number of pyridine rings is 1. The van der Waals surface area contributed by atoms with Crippen LogP contribution in [0.1, 0.15) is 94.2 Å². The summed E-state index contributed by atoms with van der Waals surface area (Å²) in [6.45, 7) is 2.15. The molecule has 0 saturated heterocycles. The highest BCUT2D eigenvalue weighted by atomic mass is 32.1. The van der Waals surface area contributed by atoms with Crippen LogP contribution < -0.4 is 10.1 Å². The van der Waals surface area contributed by atoms with E-state index in [0.717, 1.165) is 55.4 Å². The number of rotatable bonds is 8. The maximum absolute atomic E-state index is 14.0. The quantitative estimate of drug-likeness (QED) is 0.409. The molecule has 38 heavy (non-hydrogen) atoms. The first-order chi connectivity index (χ1) is 18.5. The SMILES string of the molecule is C#Cc1nc(C(=O)N2C(c3ccc(C(=O)NC4CCC4)cn3)c3ccc(OC)cc3C[C@@H]2CCCC)cs1. The molecule has 2 amide bonds. The molecule has 3 aromatic rings. The van der Waals surface area contributed by atoms with E-state index in [1.807, 2.05) is 23.1 Å². The molecule has 196 valence electrons. The molecule has 8 heteroatoms. The summed E-state index contributed by atoms with van der Waals surface area (Å²) in [6, 6.07) is 9.43. The van der Waals surface area contributed by atoms with Crippen molar-refractivity contribution >= 4 is 23.2 Å². The highest BCUT2D eigenvalue weighted by Crippen LogP contribution is 2.41. The first-order valence-corrected chi connectivity index (χ1v) is 14.1. The number of methoxy groups -OCH3 is 1. The van der Waals surface area contributed by atoms with Crippen LogP contribution in [0.5, 0.6) is 5.75 Å². The average Bonchev–Trinajstić information content (AvgIpc) is 3.42. The molecule has 1 aromatic carbocycles. The van der Waals surface area contributed by atoms with Crippen LogP contribution in [0.15, 0.2) is 41.9 Å². The number of terminal acetylenes is 1. The van der Waals surface area contributed by atoms with Crippen molar-refractivity contribution in [3.8, 4) is 18.1 Å². The van der Waals surface area contributed by atoms with Crippen molar-refractivity contribution in [2.24, 2.45) is 0 Å². The number of ether oxygens (including phenoxy) is 1. The van der Waals surface area contributed by atoms with Gasteiger partial charge in [0.15, 0.2) is 5.01 Å². The van der Waals surface area contributed by atoms with E-state index in [4.69, 9.17) is 16.1 Å². The van der Waals surface area contributed by atoms with Crippen molar-refractivity contribution in [3.63, 3.8) is 0 Å². The topological polar surface area (TPSA) is 84.4 Å². The van der Waals surface area contributed by atoms with Crippen LogP contribution in [0.3, 0.4) is 0 Å². The van der Waals surface area contributed by atoms with Gasteiger partial charge in [-0.05, 0) is 73.4 Å². The number of nitrogens with zero attached hydrogens (tertiary/aromatic N) is 3. The van der Waals surface area contributed by atoms with Crippen molar-refractivity contribution in [1.82, 2.24) is 20.2 Å². The predicted octanol–water partition coefficient (Wildman–Crippen LogP) is 5.16. The molecule has 0 spiro atoms. The van der Waals surface area contributed by atoms with Gasteiger partial charge in [0, 0.05) is 23.7 Å². The van der Waals surface area contributed by atoms with E-state index in [2.05, 4.69) is 29.2 Å². The Morgan fingerprint density at radius 3 is 2.74 bits per heavy atom. The number of nitrogens with one attached hydrogen (secondary N) is 1. The molecule has 2 atom stereocenters. The third kappa shape index (κ3) is 5.16. The summed E-state index contributed by atoms with van der Waals surface area (Å²) in [4.78, 5) is 37.8. The van der Waals surface area contributed by atoms with Gasteiger partial charge >= 0.3 is 0 Å². The fourth-order valence-corrected chi connectivity index (χ4v) is 5.82. The summed E-state index contributed by atoms with van der Waals surface area (Å²) in [5.74, 6) is 3.04. The molecule has 1 aliphatic carbocycles. The fraction of sp³-hybridized carbons (Fsp3) is 0.400. The molecule has 1 unspecified atom stereocenters. The van der Waals surface area contributed by atoms with Gasteiger partial charge in [0.1, 0.15) is 17.5 Å². The Hall–Kier alpha value is -3.70. The van der Waals surface area contributed by atoms with E-state index in [-0.39, 0.29) is 23.9 Å². The van der Waals surface area contributed by atoms with Crippen LogP contribution in [0.2, 0.25) is 0 Å². The molecule has 0 radical (unpaired) electrons. The number of hydrogen-bond acceptors (Lipinski definition) is 6. The number of unbranched alkanes of at least 4 members (excludes halogenated alkanes) is 1. The maximum Gasteiger partial charge on any atom is 0.274 e. The predicted molar refractivity (Wildman–Crippen MR) is 147 cm³/mol. The Kier molecular flexibility index (Phi) is 7.75. The number of carbonyl (C=O) groups excluding carboxylic acids is 2. The third-order valence-electron chi connectivity index (χ3n) is 7.51. The van der Waals surface area contributed by atoms with Crippen LogP contribution in [0.25, 0.3) is 0 Å². The van der Waals surface area contributed by atoms with Crippen LogP contribution in [0, 0.1) is 12.3 Å². The molecule has 1 saturated carbocycles. The smallest absolute Gasteiger partial charge is 0.274 e. The minimum atomic E-state index is -0.432. The first kappa shape index (κ1) is 25.9. The summed E-state index contributed by atoms with van der Waals surface area (Å²) < 4.78 is 5.52. The second-order valence-corrected chi connectivity index (χ2v) is 10.8. The normalized spacial score (nSPS) is 18.7. The summed E-state index contributed by atoms with van der Waals surface area (Å²) in [7, 11) is 1.66. The summed E-state index contributed by atoms with van der Waals surface area (Å²) in [6.07, 6.45) is 13.9. The van der Waals surface area contributed by atoms with E-state index in [1.165, 1.54) is 11.3 Å². The Morgan fingerprint density at radius 2 is 2.11 bits per heavy atom.